The summed E-state index contributed by atoms with van der Waals surface area (Å²) >= 11 is 0. The summed E-state index contributed by atoms with van der Waals surface area (Å²) in [5.74, 6) is 0.955. The highest BCUT2D eigenvalue weighted by atomic mass is 32.2. The first kappa shape index (κ1) is 14.5. The average Bonchev–Trinajstić information content (AvgIpc) is 2.36. The van der Waals surface area contributed by atoms with Crippen molar-refractivity contribution in [1.29, 1.82) is 5.26 Å². The standard InChI is InChI=1S/C13H17NO3S/c14-9-4-5-11-18(15,16)12-6-10-17-13-7-2-1-3-8-13/h1-3,7-8H,4-6,10-12H2. The fourth-order valence-electron chi connectivity index (χ4n) is 1.46. The van der Waals surface area contributed by atoms with Gasteiger partial charge in [-0.15, -0.1) is 0 Å². The second kappa shape index (κ2) is 7.72. The first-order valence-electron chi connectivity index (χ1n) is 5.89. The van der Waals surface area contributed by atoms with E-state index in [1.807, 2.05) is 36.4 Å². The highest BCUT2D eigenvalue weighted by Gasteiger charge is 2.09. The summed E-state index contributed by atoms with van der Waals surface area (Å²) in [6, 6.07) is 11.2. The maximum Gasteiger partial charge on any atom is 0.150 e. The fourth-order valence-corrected chi connectivity index (χ4v) is 2.80. The Labute approximate surface area is 108 Å². The minimum absolute atomic E-state index is 0.0892. The van der Waals surface area contributed by atoms with Crippen molar-refractivity contribution in [2.75, 3.05) is 18.1 Å². The highest BCUT2D eigenvalue weighted by molar-refractivity contribution is 7.91. The Morgan fingerprint density at radius 3 is 2.44 bits per heavy atom. The molecule has 0 amide bonds. The molecule has 1 aromatic rings. The summed E-state index contributed by atoms with van der Waals surface area (Å²) < 4.78 is 28.5. The molecule has 0 bridgehead atoms. The molecular formula is C13H17NO3S. The molecule has 0 unspecified atom stereocenters. The van der Waals surface area contributed by atoms with E-state index in [1.54, 1.807) is 0 Å². The topological polar surface area (TPSA) is 67.2 Å². The minimum atomic E-state index is -3.04. The summed E-state index contributed by atoms with van der Waals surface area (Å²) in [5, 5.41) is 8.34. The number of ether oxygens (including phenoxy) is 1. The fraction of sp³-hybridized carbons (Fsp3) is 0.462. The Kier molecular flexibility index (Phi) is 6.23. The Morgan fingerprint density at radius 2 is 1.78 bits per heavy atom. The van der Waals surface area contributed by atoms with Gasteiger partial charge in [0.15, 0.2) is 0 Å². The van der Waals surface area contributed by atoms with Gasteiger partial charge in [0.1, 0.15) is 15.6 Å². The van der Waals surface area contributed by atoms with Crippen LogP contribution in [0.5, 0.6) is 5.75 Å². The van der Waals surface area contributed by atoms with Crippen LogP contribution in [0.25, 0.3) is 0 Å². The van der Waals surface area contributed by atoms with Crippen LogP contribution in [0.2, 0.25) is 0 Å². The number of sulfone groups is 1. The van der Waals surface area contributed by atoms with E-state index in [0.717, 1.165) is 5.75 Å². The van der Waals surface area contributed by atoms with Crippen molar-refractivity contribution >= 4 is 9.84 Å². The normalized spacial score (nSPS) is 10.8. The summed E-state index contributed by atoms with van der Waals surface area (Å²) in [6.07, 6.45) is 1.18. The molecular weight excluding hydrogens is 250 g/mol. The molecule has 0 N–H and O–H groups in total. The van der Waals surface area contributed by atoms with Gasteiger partial charge in [-0.3, -0.25) is 0 Å². The second-order valence-corrected chi connectivity index (χ2v) is 6.23. The van der Waals surface area contributed by atoms with Crippen LogP contribution in [0.15, 0.2) is 30.3 Å². The summed E-state index contributed by atoms with van der Waals surface area (Å²) in [5.41, 5.74) is 0. The third kappa shape index (κ3) is 6.26. The van der Waals surface area contributed by atoms with E-state index in [-0.39, 0.29) is 11.5 Å². The van der Waals surface area contributed by atoms with Crippen molar-refractivity contribution in [3.63, 3.8) is 0 Å². The molecule has 0 heterocycles. The van der Waals surface area contributed by atoms with Gasteiger partial charge in [-0.2, -0.15) is 5.26 Å². The van der Waals surface area contributed by atoms with Crippen molar-refractivity contribution in [2.24, 2.45) is 0 Å². The number of benzene rings is 1. The molecule has 0 aliphatic rings. The van der Waals surface area contributed by atoms with Crippen LogP contribution in [-0.4, -0.2) is 26.5 Å². The molecule has 1 rings (SSSR count). The lowest BCUT2D eigenvalue weighted by Gasteiger charge is -2.06. The van der Waals surface area contributed by atoms with Crippen LogP contribution >= 0.6 is 0 Å². The first-order chi connectivity index (χ1) is 8.64. The van der Waals surface area contributed by atoms with E-state index in [1.165, 1.54) is 0 Å². The third-order valence-corrected chi connectivity index (χ3v) is 4.18. The smallest absolute Gasteiger partial charge is 0.150 e. The van der Waals surface area contributed by atoms with Crippen LogP contribution < -0.4 is 4.74 Å². The number of unbranched alkanes of at least 4 members (excludes halogenated alkanes) is 1. The predicted octanol–water partition coefficient (Wildman–Crippen LogP) is 2.17. The number of hydrogen-bond acceptors (Lipinski definition) is 4. The summed E-state index contributed by atoms with van der Waals surface area (Å²) in [6.45, 7) is 0.390. The molecule has 0 aliphatic heterocycles. The number of hydrogen-bond donors (Lipinski definition) is 0. The van der Waals surface area contributed by atoms with Gasteiger partial charge in [-0.1, -0.05) is 18.2 Å². The van der Waals surface area contributed by atoms with E-state index in [9.17, 15) is 8.42 Å². The van der Waals surface area contributed by atoms with Gasteiger partial charge in [0.25, 0.3) is 0 Å². The molecule has 0 aliphatic carbocycles. The van der Waals surface area contributed by atoms with Crippen molar-refractivity contribution in [3.8, 4) is 11.8 Å². The van der Waals surface area contributed by atoms with Gasteiger partial charge < -0.3 is 4.74 Å². The SMILES string of the molecule is N#CCCCS(=O)(=O)CCCOc1ccccc1. The summed E-state index contributed by atoms with van der Waals surface area (Å²) in [4.78, 5) is 0. The molecule has 0 aromatic heterocycles. The second-order valence-electron chi connectivity index (χ2n) is 3.93. The lowest BCUT2D eigenvalue weighted by molar-refractivity contribution is 0.317. The summed E-state index contributed by atoms with van der Waals surface area (Å²) in [7, 11) is -3.04. The van der Waals surface area contributed by atoms with Gasteiger partial charge in [-0.05, 0) is 25.0 Å². The zero-order chi connectivity index (χ0) is 13.3. The maximum atomic E-state index is 11.6. The number of rotatable bonds is 8. The monoisotopic (exact) mass is 267 g/mol. The maximum absolute atomic E-state index is 11.6. The molecule has 0 fully saturated rings. The van der Waals surface area contributed by atoms with E-state index >= 15 is 0 Å². The molecule has 5 heteroatoms. The van der Waals surface area contributed by atoms with Crippen LogP contribution in [-0.2, 0) is 9.84 Å². The quantitative estimate of drug-likeness (QED) is 0.677. The minimum Gasteiger partial charge on any atom is -0.494 e. The number of nitrogens with zero attached hydrogens (tertiary/aromatic N) is 1. The Morgan fingerprint density at radius 1 is 1.11 bits per heavy atom. The molecule has 18 heavy (non-hydrogen) atoms. The van der Waals surface area contributed by atoms with Crippen LogP contribution in [0.1, 0.15) is 19.3 Å². The van der Waals surface area contributed by atoms with Crippen LogP contribution in [0.4, 0.5) is 0 Å². The lowest BCUT2D eigenvalue weighted by atomic mass is 10.3. The van der Waals surface area contributed by atoms with E-state index in [4.69, 9.17) is 10.00 Å². The Balaban J connectivity index is 2.19. The molecule has 0 saturated heterocycles. The lowest BCUT2D eigenvalue weighted by Crippen LogP contribution is -2.13. The predicted molar refractivity (Wildman–Crippen MR) is 70.1 cm³/mol. The van der Waals surface area contributed by atoms with E-state index < -0.39 is 9.84 Å². The van der Waals surface area contributed by atoms with Gasteiger partial charge in [-0.25, -0.2) is 8.42 Å². The largest absolute Gasteiger partial charge is 0.494 e. The van der Waals surface area contributed by atoms with Crippen molar-refractivity contribution in [3.05, 3.63) is 30.3 Å². The van der Waals surface area contributed by atoms with Crippen molar-refractivity contribution in [2.45, 2.75) is 19.3 Å². The zero-order valence-electron chi connectivity index (χ0n) is 10.2. The highest BCUT2D eigenvalue weighted by Crippen LogP contribution is 2.09. The van der Waals surface area contributed by atoms with Gasteiger partial charge in [0.05, 0.1) is 24.2 Å². The van der Waals surface area contributed by atoms with Crippen LogP contribution in [0.3, 0.4) is 0 Å². The molecule has 0 radical (unpaired) electrons. The first-order valence-corrected chi connectivity index (χ1v) is 7.71. The molecule has 0 spiro atoms. The number of para-hydroxylation sites is 1. The average molecular weight is 267 g/mol. The Hall–Kier alpha value is -1.54. The van der Waals surface area contributed by atoms with Gasteiger partial charge in [0, 0.05) is 6.42 Å². The Bertz CT molecular complexity index is 477. The van der Waals surface area contributed by atoms with Gasteiger partial charge >= 0.3 is 0 Å². The van der Waals surface area contributed by atoms with Crippen molar-refractivity contribution in [1.82, 2.24) is 0 Å². The van der Waals surface area contributed by atoms with Crippen molar-refractivity contribution < 1.29 is 13.2 Å². The van der Waals surface area contributed by atoms with E-state index in [0.29, 0.717) is 25.9 Å². The van der Waals surface area contributed by atoms with E-state index in [2.05, 4.69) is 0 Å². The van der Waals surface area contributed by atoms with Crippen LogP contribution in [0, 0.1) is 11.3 Å². The number of nitriles is 1. The molecule has 1 aromatic carbocycles. The molecule has 4 nitrogen and oxygen atoms in total. The molecule has 0 saturated carbocycles. The third-order valence-electron chi connectivity index (χ3n) is 2.36. The zero-order valence-corrected chi connectivity index (χ0v) is 11.0. The van der Waals surface area contributed by atoms with Gasteiger partial charge in [0.2, 0.25) is 0 Å². The molecule has 0 atom stereocenters. The molecule has 98 valence electrons.